The van der Waals surface area contributed by atoms with Crippen LogP contribution in [0.5, 0.6) is 0 Å². The topological polar surface area (TPSA) is 12.0 Å². The van der Waals surface area contributed by atoms with E-state index >= 15 is 0 Å². The summed E-state index contributed by atoms with van der Waals surface area (Å²) in [6.45, 7) is 8.17. The summed E-state index contributed by atoms with van der Waals surface area (Å²) in [6.07, 6.45) is 6.75. The Morgan fingerprint density at radius 3 is 2.25 bits per heavy atom. The fourth-order valence-corrected chi connectivity index (χ4v) is 3.79. The fourth-order valence-electron chi connectivity index (χ4n) is 3.79. The van der Waals surface area contributed by atoms with Gasteiger partial charge >= 0.3 is 0 Å². The second-order valence-corrected chi connectivity index (χ2v) is 6.75. The van der Waals surface area contributed by atoms with Crippen LogP contribution in [0.15, 0.2) is 30.3 Å². The second-order valence-electron chi connectivity index (χ2n) is 6.75. The normalized spacial score (nSPS) is 24.8. The molecule has 2 rings (SSSR count). The zero-order valence-corrected chi connectivity index (χ0v) is 13.4. The molecule has 0 aliphatic heterocycles. The van der Waals surface area contributed by atoms with Crippen LogP contribution in [0.25, 0.3) is 0 Å². The van der Waals surface area contributed by atoms with Crippen molar-refractivity contribution in [2.75, 3.05) is 6.54 Å². The first-order valence-corrected chi connectivity index (χ1v) is 8.50. The van der Waals surface area contributed by atoms with Crippen LogP contribution < -0.4 is 5.32 Å². The fraction of sp³-hybridized carbons (Fsp3) is 0.684. The van der Waals surface area contributed by atoms with Gasteiger partial charge in [0.15, 0.2) is 0 Å². The number of hydrogen-bond donors (Lipinski definition) is 1. The maximum absolute atomic E-state index is 3.79. The average Bonchev–Trinajstić information content (AvgIpc) is 2.49. The van der Waals surface area contributed by atoms with Crippen molar-refractivity contribution >= 4 is 0 Å². The largest absolute Gasteiger partial charge is 0.313 e. The minimum Gasteiger partial charge on any atom is -0.313 e. The standard InChI is InChI=1S/C19H31N/c1-4-14-20-19(15(2)3)18-12-10-17(11-13-18)16-8-6-5-7-9-16/h5-9,15,17-20H,4,10-14H2,1-3H3. The lowest BCUT2D eigenvalue weighted by atomic mass is 9.74. The highest BCUT2D eigenvalue weighted by Crippen LogP contribution is 2.38. The quantitative estimate of drug-likeness (QED) is 0.770. The molecule has 0 saturated heterocycles. The molecule has 1 heteroatoms. The Kier molecular flexibility index (Phi) is 6.09. The van der Waals surface area contributed by atoms with Crippen LogP contribution in [-0.4, -0.2) is 12.6 Å². The lowest BCUT2D eigenvalue weighted by Crippen LogP contribution is -2.42. The molecule has 112 valence electrons. The molecule has 0 amide bonds. The third kappa shape index (κ3) is 4.09. The van der Waals surface area contributed by atoms with E-state index in [1.165, 1.54) is 38.6 Å². The van der Waals surface area contributed by atoms with Crippen LogP contribution >= 0.6 is 0 Å². The van der Waals surface area contributed by atoms with Crippen molar-refractivity contribution in [3.8, 4) is 0 Å². The van der Waals surface area contributed by atoms with Gasteiger partial charge in [-0.05, 0) is 62.0 Å². The van der Waals surface area contributed by atoms with E-state index in [2.05, 4.69) is 56.4 Å². The van der Waals surface area contributed by atoms with Gasteiger partial charge in [-0.2, -0.15) is 0 Å². The van der Waals surface area contributed by atoms with Crippen LogP contribution in [-0.2, 0) is 0 Å². The summed E-state index contributed by atoms with van der Waals surface area (Å²) >= 11 is 0. The maximum Gasteiger partial charge on any atom is 0.0118 e. The lowest BCUT2D eigenvalue weighted by molar-refractivity contribution is 0.211. The van der Waals surface area contributed by atoms with Crippen LogP contribution in [0, 0.1) is 11.8 Å². The predicted molar refractivity (Wildman–Crippen MR) is 88.1 cm³/mol. The van der Waals surface area contributed by atoms with Gasteiger partial charge in [0, 0.05) is 6.04 Å². The van der Waals surface area contributed by atoms with Crippen LogP contribution in [0.1, 0.15) is 64.4 Å². The molecule has 1 aliphatic rings. The molecule has 0 bridgehead atoms. The van der Waals surface area contributed by atoms with Gasteiger partial charge in [-0.3, -0.25) is 0 Å². The van der Waals surface area contributed by atoms with Gasteiger partial charge in [0.1, 0.15) is 0 Å². The van der Waals surface area contributed by atoms with E-state index in [0.717, 1.165) is 17.8 Å². The molecule has 0 radical (unpaired) electrons. The molecule has 1 aliphatic carbocycles. The third-order valence-electron chi connectivity index (χ3n) is 4.90. The Balaban J connectivity index is 1.89. The molecule has 1 unspecified atom stereocenters. The van der Waals surface area contributed by atoms with E-state index in [1.54, 1.807) is 5.56 Å². The Morgan fingerprint density at radius 2 is 1.70 bits per heavy atom. The van der Waals surface area contributed by atoms with E-state index in [-0.39, 0.29) is 0 Å². The zero-order chi connectivity index (χ0) is 14.4. The minimum absolute atomic E-state index is 0.715. The van der Waals surface area contributed by atoms with Crippen molar-refractivity contribution in [2.24, 2.45) is 11.8 Å². The third-order valence-corrected chi connectivity index (χ3v) is 4.90. The zero-order valence-electron chi connectivity index (χ0n) is 13.4. The number of hydrogen-bond acceptors (Lipinski definition) is 1. The van der Waals surface area contributed by atoms with E-state index in [4.69, 9.17) is 0 Å². The summed E-state index contributed by atoms with van der Waals surface area (Å²) in [5, 5.41) is 3.79. The predicted octanol–water partition coefficient (Wildman–Crippen LogP) is 4.98. The van der Waals surface area contributed by atoms with Gasteiger partial charge < -0.3 is 5.32 Å². The highest BCUT2D eigenvalue weighted by molar-refractivity contribution is 5.20. The van der Waals surface area contributed by atoms with Crippen LogP contribution in [0.3, 0.4) is 0 Å². The van der Waals surface area contributed by atoms with Gasteiger partial charge in [0.25, 0.3) is 0 Å². The molecule has 1 saturated carbocycles. The van der Waals surface area contributed by atoms with Crippen molar-refractivity contribution in [3.63, 3.8) is 0 Å². The molecule has 0 spiro atoms. The first-order valence-electron chi connectivity index (χ1n) is 8.50. The van der Waals surface area contributed by atoms with Gasteiger partial charge in [-0.1, -0.05) is 51.1 Å². The molecular formula is C19H31N. The number of nitrogens with one attached hydrogen (secondary N) is 1. The van der Waals surface area contributed by atoms with E-state index in [1.807, 2.05) is 0 Å². The Morgan fingerprint density at radius 1 is 1.05 bits per heavy atom. The van der Waals surface area contributed by atoms with E-state index < -0.39 is 0 Å². The SMILES string of the molecule is CCCNC(C(C)C)C1CCC(c2ccccc2)CC1. The molecule has 1 aromatic rings. The van der Waals surface area contributed by atoms with Crippen molar-refractivity contribution in [3.05, 3.63) is 35.9 Å². The number of benzene rings is 1. The summed E-state index contributed by atoms with van der Waals surface area (Å²) in [7, 11) is 0. The summed E-state index contributed by atoms with van der Waals surface area (Å²) in [5.74, 6) is 2.42. The average molecular weight is 273 g/mol. The van der Waals surface area contributed by atoms with Crippen molar-refractivity contribution in [1.29, 1.82) is 0 Å². The monoisotopic (exact) mass is 273 g/mol. The second kappa shape index (κ2) is 7.83. The molecule has 20 heavy (non-hydrogen) atoms. The van der Waals surface area contributed by atoms with E-state index in [0.29, 0.717) is 6.04 Å². The highest BCUT2D eigenvalue weighted by Gasteiger charge is 2.29. The lowest BCUT2D eigenvalue weighted by Gasteiger charge is -2.36. The molecule has 1 atom stereocenters. The Labute approximate surface area is 125 Å². The molecule has 1 N–H and O–H groups in total. The first kappa shape index (κ1) is 15.6. The smallest absolute Gasteiger partial charge is 0.0118 e. The summed E-state index contributed by atoms with van der Waals surface area (Å²) < 4.78 is 0. The summed E-state index contributed by atoms with van der Waals surface area (Å²) in [4.78, 5) is 0. The molecular weight excluding hydrogens is 242 g/mol. The molecule has 1 fully saturated rings. The van der Waals surface area contributed by atoms with Gasteiger partial charge in [0.2, 0.25) is 0 Å². The van der Waals surface area contributed by atoms with E-state index in [9.17, 15) is 0 Å². The van der Waals surface area contributed by atoms with Gasteiger partial charge in [0.05, 0.1) is 0 Å². The molecule has 0 heterocycles. The Bertz CT molecular complexity index is 363. The van der Waals surface area contributed by atoms with Crippen molar-refractivity contribution < 1.29 is 0 Å². The summed E-state index contributed by atoms with van der Waals surface area (Å²) in [5.41, 5.74) is 1.55. The number of rotatable bonds is 6. The molecule has 1 nitrogen and oxygen atoms in total. The van der Waals surface area contributed by atoms with Gasteiger partial charge in [-0.25, -0.2) is 0 Å². The molecule has 1 aromatic carbocycles. The first-order chi connectivity index (χ1) is 9.72. The minimum atomic E-state index is 0.715. The van der Waals surface area contributed by atoms with Crippen molar-refractivity contribution in [1.82, 2.24) is 5.32 Å². The summed E-state index contributed by atoms with van der Waals surface area (Å²) in [6, 6.07) is 11.8. The Hall–Kier alpha value is -0.820. The van der Waals surface area contributed by atoms with Gasteiger partial charge in [-0.15, -0.1) is 0 Å². The molecule has 0 aromatic heterocycles. The highest BCUT2D eigenvalue weighted by atomic mass is 14.9. The van der Waals surface area contributed by atoms with Crippen LogP contribution in [0.4, 0.5) is 0 Å². The maximum atomic E-state index is 3.79. The van der Waals surface area contributed by atoms with Crippen LogP contribution in [0.2, 0.25) is 0 Å². The van der Waals surface area contributed by atoms with Crippen molar-refractivity contribution in [2.45, 2.75) is 64.8 Å².